The fourth-order valence-electron chi connectivity index (χ4n) is 1.51. The first kappa shape index (κ1) is 11.1. The van der Waals surface area contributed by atoms with Crippen LogP contribution >= 0.6 is 0 Å². The summed E-state index contributed by atoms with van der Waals surface area (Å²) in [5.74, 6) is 0.193. The van der Waals surface area contributed by atoms with Crippen molar-refractivity contribution in [3.05, 3.63) is 47.9 Å². The lowest BCUT2D eigenvalue weighted by Gasteiger charge is -2.05. The van der Waals surface area contributed by atoms with Gasteiger partial charge in [0.15, 0.2) is 5.78 Å². The van der Waals surface area contributed by atoms with Crippen molar-refractivity contribution >= 4 is 17.3 Å². The van der Waals surface area contributed by atoms with Gasteiger partial charge in [0.1, 0.15) is 11.5 Å². The zero-order chi connectivity index (χ0) is 12.3. The van der Waals surface area contributed by atoms with E-state index in [1.54, 1.807) is 30.5 Å². The molecule has 86 valence electrons. The number of nitrogens with zero attached hydrogens (tertiary/aromatic N) is 2. The van der Waals surface area contributed by atoms with Crippen molar-refractivity contribution in [2.45, 2.75) is 6.42 Å². The molecule has 0 bridgehead atoms. The highest BCUT2D eigenvalue weighted by atomic mass is 16.1. The molecule has 0 unspecified atom stereocenters. The van der Waals surface area contributed by atoms with Crippen LogP contribution in [0, 0.1) is 0 Å². The van der Waals surface area contributed by atoms with Crippen LogP contribution in [0.3, 0.4) is 0 Å². The summed E-state index contributed by atoms with van der Waals surface area (Å²) < 4.78 is 0. The van der Waals surface area contributed by atoms with Crippen molar-refractivity contribution in [3.8, 4) is 0 Å². The van der Waals surface area contributed by atoms with E-state index in [9.17, 15) is 4.79 Å². The maximum Gasteiger partial charge on any atom is 0.187 e. The van der Waals surface area contributed by atoms with Gasteiger partial charge in [0, 0.05) is 24.4 Å². The second-order valence-corrected chi connectivity index (χ2v) is 3.59. The number of rotatable bonds is 3. The first-order valence-corrected chi connectivity index (χ1v) is 5.11. The summed E-state index contributed by atoms with van der Waals surface area (Å²) >= 11 is 0. The first-order valence-electron chi connectivity index (χ1n) is 5.11. The average molecular weight is 228 g/mol. The van der Waals surface area contributed by atoms with Crippen LogP contribution in [0.1, 0.15) is 16.1 Å². The minimum Gasteiger partial charge on any atom is -0.397 e. The molecule has 0 aliphatic carbocycles. The van der Waals surface area contributed by atoms with Gasteiger partial charge in [-0.05, 0) is 18.2 Å². The van der Waals surface area contributed by atoms with Crippen LogP contribution < -0.4 is 11.5 Å². The molecule has 2 heterocycles. The Bertz CT molecular complexity index is 554. The molecule has 5 nitrogen and oxygen atoms in total. The Morgan fingerprint density at radius 1 is 1.12 bits per heavy atom. The van der Waals surface area contributed by atoms with Gasteiger partial charge in [0.2, 0.25) is 0 Å². The number of nitrogen functional groups attached to an aromatic ring is 2. The van der Waals surface area contributed by atoms with E-state index < -0.39 is 0 Å². The molecule has 0 aliphatic rings. The van der Waals surface area contributed by atoms with Crippen LogP contribution in [0.5, 0.6) is 0 Å². The van der Waals surface area contributed by atoms with Gasteiger partial charge in [-0.25, -0.2) is 4.98 Å². The monoisotopic (exact) mass is 228 g/mol. The molecule has 2 aromatic heterocycles. The summed E-state index contributed by atoms with van der Waals surface area (Å²) in [6.07, 6.45) is 3.27. The van der Waals surface area contributed by atoms with E-state index in [1.165, 1.54) is 6.20 Å². The van der Waals surface area contributed by atoms with Crippen molar-refractivity contribution in [1.82, 2.24) is 9.97 Å². The van der Waals surface area contributed by atoms with Crippen LogP contribution in [-0.2, 0) is 6.42 Å². The Kier molecular flexibility index (Phi) is 3.00. The highest BCUT2D eigenvalue weighted by Gasteiger charge is 2.13. The number of carbonyl (C=O) groups excluding carboxylic acids is 1. The highest BCUT2D eigenvalue weighted by Crippen LogP contribution is 2.14. The zero-order valence-corrected chi connectivity index (χ0v) is 9.13. The molecular formula is C12H12N4O. The normalized spacial score (nSPS) is 10.1. The lowest BCUT2D eigenvalue weighted by atomic mass is 10.1. The van der Waals surface area contributed by atoms with Crippen LogP contribution in [0.4, 0.5) is 11.5 Å². The van der Waals surface area contributed by atoms with Crippen LogP contribution in [0.15, 0.2) is 36.7 Å². The van der Waals surface area contributed by atoms with E-state index in [0.29, 0.717) is 17.1 Å². The van der Waals surface area contributed by atoms with Gasteiger partial charge < -0.3 is 11.5 Å². The maximum absolute atomic E-state index is 12.0. The van der Waals surface area contributed by atoms with Gasteiger partial charge in [-0.2, -0.15) is 0 Å². The Morgan fingerprint density at radius 3 is 2.53 bits per heavy atom. The molecule has 2 aromatic rings. The minimum atomic E-state index is -0.164. The number of ketones is 1. The van der Waals surface area contributed by atoms with Gasteiger partial charge in [-0.3, -0.25) is 9.78 Å². The second kappa shape index (κ2) is 4.61. The predicted octanol–water partition coefficient (Wildman–Crippen LogP) is 1.07. The van der Waals surface area contributed by atoms with Gasteiger partial charge >= 0.3 is 0 Å². The number of hydrogen-bond acceptors (Lipinski definition) is 5. The SMILES string of the molecule is Nc1cccnc1C(=O)Cc1cccnc1N. The summed E-state index contributed by atoms with van der Waals surface area (Å²) in [6, 6.07) is 6.83. The number of aromatic nitrogens is 2. The van der Waals surface area contributed by atoms with E-state index in [2.05, 4.69) is 9.97 Å². The fourth-order valence-corrected chi connectivity index (χ4v) is 1.51. The zero-order valence-electron chi connectivity index (χ0n) is 9.13. The second-order valence-electron chi connectivity index (χ2n) is 3.59. The summed E-state index contributed by atoms with van der Waals surface area (Å²) in [5.41, 5.74) is 12.7. The van der Waals surface area contributed by atoms with E-state index in [-0.39, 0.29) is 17.9 Å². The molecule has 2 rings (SSSR count). The average Bonchev–Trinajstić information content (AvgIpc) is 2.32. The molecule has 4 N–H and O–H groups in total. The number of pyridine rings is 2. The van der Waals surface area contributed by atoms with Crippen molar-refractivity contribution in [1.29, 1.82) is 0 Å². The van der Waals surface area contributed by atoms with Crippen LogP contribution in [-0.4, -0.2) is 15.8 Å². The Labute approximate surface area is 98.5 Å². The third-order valence-electron chi connectivity index (χ3n) is 2.38. The van der Waals surface area contributed by atoms with Crippen molar-refractivity contribution in [3.63, 3.8) is 0 Å². The van der Waals surface area contributed by atoms with E-state index in [1.807, 2.05) is 0 Å². The maximum atomic E-state index is 12.0. The first-order chi connectivity index (χ1) is 8.18. The van der Waals surface area contributed by atoms with E-state index in [0.717, 1.165) is 0 Å². The smallest absolute Gasteiger partial charge is 0.187 e. The molecule has 0 aliphatic heterocycles. The molecular weight excluding hydrogens is 216 g/mol. The number of Topliss-reactive ketones (excluding diaryl/α,β-unsaturated/α-hetero) is 1. The number of nitrogens with two attached hydrogens (primary N) is 2. The Hall–Kier alpha value is -2.43. The molecule has 5 heteroatoms. The molecule has 0 fully saturated rings. The third kappa shape index (κ3) is 2.39. The minimum absolute atomic E-state index is 0.154. The van der Waals surface area contributed by atoms with Gasteiger partial charge in [-0.1, -0.05) is 6.07 Å². The largest absolute Gasteiger partial charge is 0.397 e. The van der Waals surface area contributed by atoms with E-state index >= 15 is 0 Å². The molecule has 0 aromatic carbocycles. The van der Waals surface area contributed by atoms with Gasteiger partial charge in [-0.15, -0.1) is 0 Å². The molecule has 0 saturated carbocycles. The topological polar surface area (TPSA) is 94.9 Å². The summed E-state index contributed by atoms with van der Waals surface area (Å²) in [4.78, 5) is 19.9. The van der Waals surface area contributed by atoms with Crippen LogP contribution in [0.25, 0.3) is 0 Å². The summed E-state index contributed by atoms with van der Waals surface area (Å²) in [7, 11) is 0. The number of hydrogen-bond donors (Lipinski definition) is 2. The van der Waals surface area contributed by atoms with Crippen molar-refractivity contribution in [2.24, 2.45) is 0 Å². The molecule has 0 atom stereocenters. The molecule has 17 heavy (non-hydrogen) atoms. The summed E-state index contributed by atoms with van der Waals surface area (Å²) in [5, 5.41) is 0. The van der Waals surface area contributed by atoms with Crippen molar-refractivity contribution in [2.75, 3.05) is 11.5 Å². The lowest BCUT2D eigenvalue weighted by molar-refractivity contribution is 0.0989. The Balaban J connectivity index is 2.24. The van der Waals surface area contributed by atoms with E-state index in [4.69, 9.17) is 11.5 Å². The van der Waals surface area contributed by atoms with Gasteiger partial charge in [0.25, 0.3) is 0 Å². The number of anilines is 2. The number of carbonyl (C=O) groups is 1. The summed E-state index contributed by atoms with van der Waals surface area (Å²) in [6.45, 7) is 0. The van der Waals surface area contributed by atoms with Crippen molar-refractivity contribution < 1.29 is 4.79 Å². The van der Waals surface area contributed by atoms with Gasteiger partial charge in [0.05, 0.1) is 5.69 Å². The third-order valence-corrected chi connectivity index (χ3v) is 2.38. The standard InChI is InChI=1S/C12H12N4O/c13-9-4-2-5-15-11(9)10(17)7-8-3-1-6-16-12(8)14/h1-6H,7,13H2,(H2,14,16). The molecule has 0 saturated heterocycles. The Morgan fingerprint density at radius 2 is 1.82 bits per heavy atom. The predicted molar refractivity (Wildman–Crippen MR) is 65.3 cm³/mol. The highest BCUT2D eigenvalue weighted by molar-refractivity contribution is 6.00. The fraction of sp³-hybridized carbons (Fsp3) is 0.0833. The molecule has 0 amide bonds. The lowest BCUT2D eigenvalue weighted by Crippen LogP contribution is -2.10. The van der Waals surface area contributed by atoms with Crippen LogP contribution in [0.2, 0.25) is 0 Å². The molecule has 0 spiro atoms. The quantitative estimate of drug-likeness (QED) is 0.766. The molecule has 0 radical (unpaired) electrons.